The van der Waals surface area contributed by atoms with Crippen molar-refractivity contribution in [1.29, 1.82) is 0 Å². The minimum Gasteiger partial charge on any atom is -0.394 e. The van der Waals surface area contributed by atoms with Crippen molar-refractivity contribution < 1.29 is 38.8 Å². The summed E-state index contributed by atoms with van der Waals surface area (Å²) in [6.45, 7) is 3.30. The van der Waals surface area contributed by atoms with Crippen molar-refractivity contribution in [1.82, 2.24) is 5.64 Å². The van der Waals surface area contributed by atoms with E-state index in [1.54, 1.807) is 0 Å². The van der Waals surface area contributed by atoms with Crippen LogP contribution in [0.4, 0.5) is 0 Å². The summed E-state index contributed by atoms with van der Waals surface area (Å²) in [4.78, 5) is 24.9. The number of phosphoric acid groups is 1. The summed E-state index contributed by atoms with van der Waals surface area (Å²) in [6.07, 6.45) is 1.26. The number of hydrogen-bond donors (Lipinski definition) is 5. The Bertz CT molecular complexity index is 202. The van der Waals surface area contributed by atoms with E-state index in [0.717, 1.165) is 0 Å². The molecule has 0 saturated carbocycles. The van der Waals surface area contributed by atoms with E-state index in [-0.39, 0.29) is 33.0 Å². The van der Waals surface area contributed by atoms with Crippen LogP contribution in [0.15, 0.2) is 12.7 Å². The molecule has 0 amide bonds. The first-order valence-corrected chi connectivity index (χ1v) is 6.02. The van der Waals surface area contributed by atoms with Gasteiger partial charge < -0.3 is 20.0 Å². The summed E-state index contributed by atoms with van der Waals surface area (Å²) in [5.41, 5.74) is 2.07. The Morgan fingerprint density at radius 3 is 1.88 bits per heavy atom. The number of phosphoric ester groups is 1. The van der Waals surface area contributed by atoms with Gasteiger partial charge >= 0.3 is 7.82 Å². The number of aliphatic hydroxyl groups excluding tert-OH is 2. The van der Waals surface area contributed by atoms with Gasteiger partial charge in [0.2, 0.25) is 0 Å². The molecular formula is C7H18NO8P. The van der Waals surface area contributed by atoms with Gasteiger partial charge in [0, 0.05) is 0 Å². The summed E-state index contributed by atoms with van der Waals surface area (Å²) in [7, 11) is -4.25. The molecular weight excluding hydrogens is 257 g/mol. The first-order valence-electron chi connectivity index (χ1n) is 4.49. The van der Waals surface area contributed by atoms with Crippen LogP contribution in [0.2, 0.25) is 0 Å². The second kappa shape index (κ2) is 13.7. The monoisotopic (exact) mass is 275 g/mol. The van der Waals surface area contributed by atoms with Crippen molar-refractivity contribution >= 4 is 7.82 Å². The molecule has 0 saturated heterocycles. The lowest BCUT2D eigenvalue weighted by molar-refractivity contribution is -0.178. The highest BCUT2D eigenvalue weighted by molar-refractivity contribution is 7.46. The van der Waals surface area contributed by atoms with Gasteiger partial charge in [0.25, 0.3) is 0 Å². The molecule has 9 nitrogen and oxygen atoms in total. The Kier molecular flexibility index (Phi) is 15.3. The molecule has 0 rings (SSSR count). The fraction of sp³-hybridized carbons (Fsp3) is 0.714. The largest absolute Gasteiger partial charge is 0.469 e. The lowest BCUT2D eigenvalue weighted by Crippen LogP contribution is -2.19. The summed E-state index contributed by atoms with van der Waals surface area (Å²) >= 11 is 0. The number of rotatable bonds is 9. The number of hydrogen-bond acceptors (Lipinski definition) is 7. The summed E-state index contributed by atoms with van der Waals surface area (Å²) in [5.74, 6) is 0. The predicted octanol–water partition coefficient (Wildman–Crippen LogP) is -1.29. The summed E-state index contributed by atoms with van der Waals surface area (Å²) < 4.78 is 13.7. The van der Waals surface area contributed by atoms with Crippen molar-refractivity contribution in [3.63, 3.8) is 0 Å². The third-order valence-electron chi connectivity index (χ3n) is 0.865. The zero-order valence-electron chi connectivity index (χ0n) is 9.19. The average molecular weight is 275 g/mol. The van der Waals surface area contributed by atoms with Gasteiger partial charge in [0.15, 0.2) is 0 Å². The molecule has 0 aromatic heterocycles. The van der Waals surface area contributed by atoms with Gasteiger partial charge in [0.1, 0.15) is 0 Å². The van der Waals surface area contributed by atoms with Crippen molar-refractivity contribution in [2.45, 2.75) is 0 Å². The van der Waals surface area contributed by atoms with E-state index in [4.69, 9.17) is 20.0 Å². The third kappa shape index (κ3) is 25.7. The van der Waals surface area contributed by atoms with Crippen molar-refractivity contribution in [3.8, 4) is 0 Å². The van der Waals surface area contributed by atoms with Crippen molar-refractivity contribution in [2.75, 3.05) is 33.0 Å². The highest BCUT2D eigenvalue weighted by atomic mass is 31.2. The van der Waals surface area contributed by atoms with Gasteiger partial charge in [-0.3, -0.25) is 14.2 Å². The fourth-order valence-electron chi connectivity index (χ4n) is 0.366. The molecule has 0 fully saturated rings. The van der Waals surface area contributed by atoms with Gasteiger partial charge in [-0.1, -0.05) is 11.7 Å². The molecule has 0 aromatic carbocycles. The summed E-state index contributed by atoms with van der Waals surface area (Å²) in [5, 5.41) is 16.3. The van der Waals surface area contributed by atoms with E-state index >= 15 is 0 Å². The summed E-state index contributed by atoms with van der Waals surface area (Å²) in [6, 6.07) is 0. The lowest BCUT2D eigenvalue weighted by atomic mass is 10.7. The Labute approximate surface area is 98.8 Å². The van der Waals surface area contributed by atoms with Gasteiger partial charge in [-0.05, 0) is 0 Å². The third-order valence-corrected chi connectivity index (χ3v) is 1.35. The molecule has 17 heavy (non-hydrogen) atoms. The molecule has 10 heteroatoms. The Balaban J connectivity index is 0. The normalized spacial score (nSPS) is 10.6. The highest BCUT2D eigenvalue weighted by Crippen LogP contribution is 2.35. The number of aliphatic hydroxyl groups is 2. The average Bonchev–Trinajstić information content (AvgIpc) is 2.26. The molecule has 0 radical (unpaired) electrons. The van der Waals surface area contributed by atoms with E-state index in [1.807, 2.05) is 0 Å². The maximum absolute atomic E-state index is 9.81. The molecule has 0 atom stereocenters. The van der Waals surface area contributed by atoms with E-state index in [0.29, 0.717) is 0 Å². The zero-order valence-corrected chi connectivity index (χ0v) is 10.1. The molecule has 0 unspecified atom stereocenters. The molecule has 0 aliphatic rings. The second-order valence-electron chi connectivity index (χ2n) is 2.30. The quantitative estimate of drug-likeness (QED) is 0.150. The topological polar surface area (TPSA) is 138 Å². The standard InChI is InChI=1S/C4H11NO4.C3H7O4P/c6-1-3-8-5-9-4-2-7;1-2-3-7-8(4,5)6/h5-7H,1-4H2;2H,1,3H2,(H2,4,5,6). The van der Waals surface area contributed by atoms with Crippen LogP contribution in [0.5, 0.6) is 0 Å². The maximum atomic E-state index is 9.81. The van der Waals surface area contributed by atoms with E-state index in [2.05, 4.69) is 26.4 Å². The molecule has 104 valence electrons. The minimum absolute atomic E-state index is 0.0600. The molecule has 0 aliphatic heterocycles. The molecule has 0 heterocycles. The van der Waals surface area contributed by atoms with Crippen molar-refractivity contribution in [2.24, 2.45) is 0 Å². The molecule has 0 aliphatic carbocycles. The van der Waals surface area contributed by atoms with Gasteiger partial charge in [-0.25, -0.2) is 4.57 Å². The maximum Gasteiger partial charge on any atom is 0.469 e. The first kappa shape index (κ1) is 19.0. The Hall–Kier alpha value is -0.350. The minimum atomic E-state index is -4.25. The van der Waals surface area contributed by atoms with Gasteiger partial charge in [-0.2, -0.15) is 0 Å². The van der Waals surface area contributed by atoms with E-state index < -0.39 is 7.82 Å². The smallest absolute Gasteiger partial charge is 0.394 e. The predicted molar refractivity (Wildman–Crippen MR) is 57.4 cm³/mol. The molecule has 0 spiro atoms. The second-order valence-corrected chi connectivity index (χ2v) is 3.54. The van der Waals surface area contributed by atoms with Crippen LogP contribution in [0.3, 0.4) is 0 Å². The van der Waals surface area contributed by atoms with Crippen LogP contribution in [0, 0.1) is 0 Å². The van der Waals surface area contributed by atoms with Crippen LogP contribution >= 0.6 is 7.82 Å². The van der Waals surface area contributed by atoms with Crippen LogP contribution in [-0.4, -0.2) is 53.0 Å². The molecule has 5 N–H and O–H groups in total. The molecule has 0 bridgehead atoms. The van der Waals surface area contributed by atoms with Crippen LogP contribution in [0.25, 0.3) is 0 Å². The van der Waals surface area contributed by atoms with E-state index in [1.165, 1.54) is 6.08 Å². The van der Waals surface area contributed by atoms with Gasteiger partial charge in [0.05, 0.1) is 33.0 Å². The first-order chi connectivity index (χ1) is 7.97. The highest BCUT2D eigenvalue weighted by Gasteiger charge is 2.10. The zero-order chi connectivity index (χ0) is 13.6. The lowest BCUT2D eigenvalue weighted by Gasteiger charge is -2.01. The Morgan fingerprint density at radius 1 is 1.18 bits per heavy atom. The van der Waals surface area contributed by atoms with Crippen molar-refractivity contribution in [3.05, 3.63) is 12.7 Å². The van der Waals surface area contributed by atoms with Crippen LogP contribution in [-0.2, 0) is 18.8 Å². The Morgan fingerprint density at radius 2 is 1.65 bits per heavy atom. The van der Waals surface area contributed by atoms with Crippen LogP contribution in [0.1, 0.15) is 0 Å². The fourth-order valence-corrected chi connectivity index (χ4v) is 0.666. The number of nitrogens with one attached hydrogen (secondary N) is 1. The van der Waals surface area contributed by atoms with Gasteiger partial charge in [-0.15, -0.1) is 6.58 Å². The van der Waals surface area contributed by atoms with E-state index in [9.17, 15) is 4.57 Å². The molecule has 0 aromatic rings. The SMILES string of the molecule is C=CCOP(=O)(O)O.OCCONOCCO. The van der Waals surface area contributed by atoms with Crippen LogP contribution < -0.4 is 5.64 Å².